The summed E-state index contributed by atoms with van der Waals surface area (Å²) in [5, 5.41) is 4.17. The van der Waals surface area contributed by atoms with Crippen LogP contribution in [0.1, 0.15) is 5.56 Å². The molecule has 8 heteroatoms. The number of halogens is 5. The molecule has 2 N–H and O–H groups in total. The van der Waals surface area contributed by atoms with Crippen molar-refractivity contribution < 1.29 is 13.2 Å². The first-order valence-corrected chi connectivity index (χ1v) is 9.60. The van der Waals surface area contributed by atoms with Gasteiger partial charge < -0.3 is 10.3 Å². The Bertz CT molecular complexity index is 1180. The van der Waals surface area contributed by atoms with Crippen LogP contribution >= 0.6 is 23.2 Å². The van der Waals surface area contributed by atoms with Gasteiger partial charge in [0, 0.05) is 16.3 Å². The van der Waals surface area contributed by atoms with Crippen molar-refractivity contribution in [1.29, 1.82) is 0 Å². The van der Waals surface area contributed by atoms with Gasteiger partial charge in [0.2, 0.25) is 5.95 Å². The highest BCUT2D eigenvalue weighted by molar-refractivity contribution is 6.36. The molecule has 0 aliphatic carbocycles. The van der Waals surface area contributed by atoms with E-state index in [1.807, 2.05) is 0 Å². The normalized spacial score (nSPS) is 11.5. The van der Waals surface area contributed by atoms with Crippen LogP contribution in [0.2, 0.25) is 10.0 Å². The Kier molecular flexibility index (Phi) is 5.45. The molecule has 0 radical (unpaired) electrons. The summed E-state index contributed by atoms with van der Waals surface area (Å²) in [5.74, 6) is 0.503. The van der Waals surface area contributed by atoms with E-state index in [0.29, 0.717) is 27.1 Å². The highest BCUT2D eigenvalue weighted by Crippen LogP contribution is 2.33. The number of hydrogen-bond donors (Lipinski definition) is 2. The van der Waals surface area contributed by atoms with Crippen LogP contribution in [-0.4, -0.2) is 9.97 Å². The lowest BCUT2D eigenvalue weighted by molar-refractivity contribution is -0.137. The van der Waals surface area contributed by atoms with Crippen LogP contribution in [0.4, 0.5) is 24.8 Å². The summed E-state index contributed by atoms with van der Waals surface area (Å²) in [5.41, 5.74) is 2.72. The number of anilines is 2. The number of benzene rings is 3. The second-order valence-electron chi connectivity index (χ2n) is 6.55. The van der Waals surface area contributed by atoms with Gasteiger partial charge in [-0.05, 0) is 53.6 Å². The van der Waals surface area contributed by atoms with Crippen molar-refractivity contribution in [3.05, 3.63) is 88.5 Å². The molecular weight excluding hydrogens is 434 g/mol. The summed E-state index contributed by atoms with van der Waals surface area (Å²) >= 11 is 12.2. The largest absolute Gasteiger partial charge is 0.416 e. The number of aromatic amines is 1. The maximum Gasteiger partial charge on any atom is 0.416 e. The fraction of sp³-hybridized carbons (Fsp3) is 0.0455. The molecule has 0 aliphatic rings. The zero-order valence-electron chi connectivity index (χ0n) is 15.3. The number of nitrogens with zero attached hydrogens (tertiary/aromatic N) is 1. The van der Waals surface area contributed by atoms with Crippen LogP contribution in [0.3, 0.4) is 0 Å². The van der Waals surface area contributed by atoms with Crippen molar-refractivity contribution in [2.75, 3.05) is 5.32 Å². The molecule has 3 aromatic carbocycles. The first-order valence-electron chi connectivity index (χ1n) is 8.85. The monoisotopic (exact) mass is 447 g/mol. The first-order chi connectivity index (χ1) is 14.3. The molecule has 152 valence electrons. The molecule has 0 bridgehead atoms. The number of H-pyrrole nitrogens is 1. The first kappa shape index (κ1) is 20.3. The van der Waals surface area contributed by atoms with Gasteiger partial charge in [-0.2, -0.15) is 13.2 Å². The van der Waals surface area contributed by atoms with Gasteiger partial charge in [0.05, 0.1) is 22.5 Å². The number of imidazole rings is 1. The van der Waals surface area contributed by atoms with Crippen molar-refractivity contribution in [1.82, 2.24) is 9.97 Å². The van der Waals surface area contributed by atoms with Crippen LogP contribution < -0.4 is 5.32 Å². The van der Waals surface area contributed by atoms with E-state index >= 15 is 0 Å². The molecule has 30 heavy (non-hydrogen) atoms. The molecule has 0 amide bonds. The number of hydrogen-bond acceptors (Lipinski definition) is 2. The molecule has 4 rings (SSSR count). The second kappa shape index (κ2) is 8.05. The van der Waals surface area contributed by atoms with Gasteiger partial charge in [-0.15, -0.1) is 0 Å². The summed E-state index contributed by atoms with van der Waals surface area (Å²) in [4.78, 5) is 7.42. The summed E-state index contributed by atoms with van der Waals surface area (Å²) in [6.45, 7) is 0. The predicted octanol–water partition coefficient (Wildman–Crippen LogP) is 7.81. The van der Waals surface area contributed by atoms with Crippen LogP contribution in [0, 0.1) is 0 Å². The van der Waals surface area contributed by atoms with Crippen molar-refractivity contribution in [3.63, 3.8) is 0 Å². The second-order valence-corrected chi connectivity index (χ2v) is 7.39. The van der Waals surface area contributed by atoms with E-state index in [1.54, 1.807) is 54.7 Å². The standard InChI is InChI=1S/C22H14Cl2F3N3/c23-16-6-9-18(19(24)11-16)20-12-28-21(30-20)29-17-7-4-13(5-8-17)14-2-1-3-15(10-14)22(25,26)27/h1-12H,(H2,28,29,30). The average Bonchev–Trinajstić information content (AvgIpc) is 3.16. The maximum atomic E-state index is 12.9. The number of aromatic nitrogens is 2. The molecule has 3 nitrogen and oxygen atoms in total. The summed E-state index contributed by atoms with van der Waals surface area (Å²) < 4.78 is 38.8. The van der Waals surface area contributed by atoms with E-state index in [0.717, 1.165) is 29.1 Å². The van der Waals surface area contributed by atoms with Crippen LogP contribution in [0.5, 0.6) is 0 Å². The summed E-state index contributed by atoms with van der Waals surface area (Å²) in [6, 6.07) is 17.5. The Morgan fingerprint density at radius 1 is 0.867 bits per heavy atom. The van der Waals surface area contributed by atoms with Crippen LogP contribution in [0.25, 0.3) is 22.4 Å². The minimum Gasteiger partial charge on any atom is -0.326 e. The molecular formula is C22H14Cl2F3N3. The topological polar surface area (TPSA) is 40.7 Å². The summed E-state index contributed by atoms with van der Waals surface area (Å²) in [6.07, 6.45) is -2.73. The highest BCUT2D eigenvalue weighted by atomic mass is 35.5. The molecule has 1 heterocycles. The lowest BCUT2D eigenvalue weighted by Gasteiger charge is -2.09. The van der Waals surface area contributed by atoms with Crippen LogP contribution in [-0.2, 0) is 6.18 Å². The molecule has 0 unspecified atom stereocenters. The van der Waals surface area contributed by atoms with Crippen molar-refractivity contribution in [3.8, 4) is 22.4 Å². The Hall–Kier alpha value is -2.96. The molecule has 0 atom stereocenters. The lowest BCUT2D eigenvalue weighted by atomic mass is 10.0. The Balaban J connectivity index is 1.52. The average molecular weight is 448 g/mol. The van der Waals surface area contributed by atoms with Crippen molar-refractivity contribution in [2.45, 2.75) is 6.18 Å². The quantitative estimate of drug-likeness (QED) is 0.334. The van der Waals surface area contributed by atoms with Gasteiger partial charge in [-0.25, -0.2) is 4.98 Å². The van der Waals surface area contributed by atoms with Gasteiger partial charge in [-0.1, -0.05) is 47.5 Å². The zero-order chi connectivity index (χ0) is 21.3. The Morgan fingerprint density at radius 2 is 1.63 bits per heavy atom. The lowest BCUT2D eigenvalue weighted by Crippen LogP contribution is -2.04. The predicted molar refractivity (Wildman–Crippen MR) is 114 cm³/mol. The number of nitrogens with one attached hydrogen (secondary N) is 2. The van der Waals surface area contributed by atoms with E-state index in [2.05, 4.69) is 15.3 Å². The van der Waals surface area contributed by atoms with Gasteiger partial charge in [-0.3, -0.25) is 0 Å². The van der Waals surface area contributed by atoms with E-state index in [4.69, 9.17) is 23.2 Å². The number of alkyl halides is 3. The van der Waals surface area contributed by atoms with Gasteiger partial charge >= 0.3 is 6.18 Å². The van der Waals surface area contributed by atoms with Gasteiger partial charge in [0.1, 0.15) is 0 Å². The third-order valence-electron chi connectivity index (χ3n) is 4.47. The van der Waals surface area contributed by atoms with E-state index in [1.165, 1.54) is 6.07 Å². The molecule has 0 saturated heterocycles. The third-order valence-corrected chi connectivity index (χ3v) is 5.02. The Morgan fingerprint density at radius 3 is 2.33 bits per heavy atom. The van der Waals surface area contributed by atoms with E-state index in [-0.39, 0.29) is 0 Å². The van der Waals surface area contributed by atoms with Gasteiger partial charge in [0.25, 0.3) is 0 Å². The molecule has 0 aliphatic heterocycles. The van der Waals surface area contributed by atoms with Crippen LogP contribution in [0.15, 0.2) is 72.9 Å². The molecule has 0 saturated carbocycles. The fourth-order valence-corrected chi connectivity index (χ4v) is 3.50. The molecule has 1 aromatic heterocycles. The number of rotatable bonds is 4. The molecule has 0 spiro atoms. The van der Waals surface area contributed by atoms with E-state index in [9.17, 15) is 13.2 Å². The third kappa shape index (κ3) is 4.45. The SMILES string of the molecule is FC(F)(F)c1cccc(-c2ccc(Nc3ncc(-c4ccc(Cl)cc4Cl)[nH]3)cc2)c1. The Labute approximate surface area is 180 Å². The highest BCUT2D eigenvalue weighted by Gasteiger charge is 2.30. The van der Waals surface area contributed by atoms with Crippen molar-refractivity contribution in [2.24, 2.45) is 0 Å². The van der Waals surface area contributed by atoms with Gasteiger partial charge in [0.15, 0.2) is 0 Å². The fourth-order valence-electron chi connectivity index (χ4n) is 2.99. The van der Waals surface area contributed by atoms with Crippen molar-refractivity contribution >= 4 is 34.8 Å². The minimum absolute atomic E-state index is 0.494. The minimum atomic E-state index is -4.37. The summed E-state index contributed by atoms with van der Waals surface area (Å²) in [7, 11) is 0. The zero-order valence-corrected chi connectivity index (χ0v) is 16.8. The molecule has 0 fully saturated rings. The molecule has 4 aromatic rings. The maximum absolute atomic E-state index is 12.9. The van der Waals surface area contributed by atoms with E-state index < -0.39 is 11.7 Å². The smallest absolute Gasteiger partial charge is 0.326 e.